The van der Waals surface area contributed by atoms with Crippen molar-refractivity contribution in [1.82, 2.24) is 20.5 Å². The van der Waals surface area contributed by atoms with Gasteiger partial charge < -0.3 is 15.4 Å². The minimum atomic E-state index is -4.16. The van der Waals surface area contributed by atoms with Crippen LogP contribution >= 0.6 is 0 Å². The van der Waals surface area contributed by atoms with E-state index in [9.17, 15) is 13.2 Å². The molecule has 0 aliphatic carbocycles. The highest BCUT2D eigenvalue weighted by atomic mass is 19.4. The van der Waals surface area contributed by atoms with E-state index >= 15 is 0 Å². The summed E-state index contributed by atoms with van der Waals surface area (Å²) in [6, 6.07) is 3.70. The summed E-state index contributed by atoms with van der Waals surface area (Å²) in [6.45, 7) is 3.08. The Morgan fingerprint density at radius 1 is 1.44 bits per heavy atom. The second kappa shape index (κ2) is 10.3. The van der Waals surface area contributed by atoms with E-state index in [1.54, 1.807) is 13.2 Å². The molecule has 0 saturated carbocycles. The zero-order valence-corrected chi connectivity index (χ0v) is 15.9. The molecule has 2 N–H and O–H groups in total. The van der Waals surface area contributed by atoms with E-state index in [2.05, 4.69) is 27.5 Å². The standard InChI is InChI=1S/C18H28F3N5O/c1-3-4-10-27-16-14(6-5-8-23-16)11-24-17(22-2)25-15-7-9-26(12-15)13-18(19,20)21/h5-6,8,15H,3-4,7,9-13H2,1-2H3,(H2,22,24,25). The van der Waals surface area contributed by atoms with E-state index in [1.807, 2.05) is 12.1 Å². The Hall–Kier alpha value is -2.03. The highest BCUT2D eigenvalue weighted by molar-refractivity contribution is 5.80. The van der Waals surface area contributed by atoms with Crippen LogP contribution in [0.15, 0.2) is 23.3 Å². The van der Waals surface area contributed by atoms with E-state index in [0.717, 1.165) is 18.4 Å². The Balaban J connectivity index is 1.83. The minimum Gasteiger partial charge on any atom is -0.477 e. The van der Waals surface area contributed by atoms with Gasteiger partial charge in [0.05, 0.1) is 13.2 Å². The van der Waals surface area contributed by atoms with Crippen LogP contribution in [0.1, 0.15) is 31.7 Å². The third-order valence-electron chi connectivity index (χ3n) is 4.27. The first-order chi connectivity index (χ1) is 12.9. The number of aromatic nitrogens is 1. The molecule has 2 rings (SSSR count). The maximum Gasteiger partial charge on any atom is 0.401 e. The molecular weight excluding hydrogens is 359 g/mol. The summed E-state index contributed by atoms with van der Waals surface area (Å²) in [5, 5.41) is 6.38. The van der Waals surface area contributed by atoms with Gasteiger partial charge in [0.2, 0.25) is 5.88 Å². The SMILES string of the molecule is CCCCOc1ncccc1CNC(=NC)NC1CCN(CC(F)(F)F)C1. The van der Waals surface area contributed by atoms with Crippen LogP contribution in [0.25, 0.3) is 0 Å². The van der Waals surface area contributed by atoms with E-state index in [4.69, 9.17) is 4.74 Å². The van der Waals surface area contributed by atoms with Crippen molar-refractivity contribution in [2.24, 2.45) is 4.99 Å². The Morgan fingerprint density at radius 3 is 2.96 bits per heavy atom. The third kappa shape index (κ3) is 7.62. The summed E-state index contributed by atoms with van der Waals surface area (Å²) in [5.74, 6) is 1.14. The van der Waals surface area contributed by atoms with Gasteiger partial charge in [-0.15, -0.1) is 0 Å². The molecule has 1 aromatic rings. The smallest absolute Gasteiger partial charge is 0.401 e. The van der Waals surface area contributed by atoms with Crippen LogP contribution in [0.3, 0.4) is 0 Å². The molecule has 9 heteroatoms. The fourth-order valence-electron chi connectivity index (χ4n) is 2.92. The van der Waals surface area contributed by atoms with Gasteiger partial charge in [0.1, 0.15) is 0 Å². The molecule has 1 aromatic heterocycles. The van der Waals surface area contributed by atoms with Crippen molar-refractivity contribution in [3.8, 4) is 5.88 Å². The first-order valence-corrected chi connectivity index (χ1v) is 9.24. The highest BCUT2D eigenvalue weighted by Gasteiger charge is 2.34. The van der Waals surface area contributed by atoms with Crippen LogP contribution < -0.4 is 15.4 Å². The second-order valence-electron chi connectivity index (χ2n) is 6.58. The number of ether oxygens (including phenoxy) is 1. The predicted molar refractivity (Wildman–Crippen MR) is 98.9 cm³/mol. The number of hydrogen-bond acceptors (Lipinski definition) is 4. The number of guanidine groups is 1. The monoisotopic (exact) mass is 387 g/mol. The van der Waals surface area contributed by atoms with Crippen molar-refractivity contribution in [3.05, 3.63) is 23.9 Å². The van der Waals surface area contributed by atoms with Crippen LogP contribution in [0, 0.1) is 0 Å². The van der Waals surface area contributed by atoms with Crippen molar-refractivity contribution in [2.75, 3.05) is 33.3 Å². The van der Waals surface area contributed by atoms with Gasteiger partial charge in [-0.1, -0.05) is 19.4 Å². The zero-order chi connectivity index (χ0) is 19.7. The van der Waals surface area contributed by atoms with Crippen molar-refractivity contribution in [3.63, 3.8) is 0 Å². The third-order valence-corrected chi connectivity index (χ3v) is 4.27. The summed E-state index contributed by atoms with van der Waals surface area (Å²) in [7, 11) is 1.64. The van der Waals surface area contributed by atoms with E-state index in [1.165, 1.54) is 4.90 Å². The summed E-state index contributed by atoms with van der Waals surface area (Å²) in [5.41, 5.74) is 0.904. The lowest BCUT2D eigenvalue weighted by molar-refractivity contribution is -0.143. The van der Waals surface area contributed by atoms with Crippen LogP contribution in [0.4, 0.5) is 13.2 Å². The molecule has 6 nitrogen and oxygen atoms in total. The number of halogens is 3. The number of nitrogens with one attached hydrogen (secondary N) is 2. The van der Waals surface area contributed by atoms with Gasteiger partial charge in [-0.25, -0.2) is 4.98 Å². The number of rotatable bonds is 8. The van der Waals surface area contributed by atoms with Gasteiger partial charge >= 0.3 is 6.18 Å². The molecule has 27 heavy (non-hydrogen) atoms. The fraction of sp³-hybridized carbons (Fsp3) is 0.667. The molecule has 0 aromatic carbocycles. The lowest BCUT2D eigenvalue weighted by atomic mass is 10.2. The van der Waals surface area contributed by atoms with Crippen molar-refractivity contribution in [1.29, 1.82) is 0 Å². The van der Waals surface area contributed by atoms with Gasteiger partial charge in [0, 0.05) is 44.5 Å². The maximum atomic E-state index is 12.5. The molecule has 1 saturated heterocycles. The largest absolute Gasteiger partial charge is 0.477 e. The molecule has 1 unspecified atom stereocenters. The lowest BCUT2D eigenvalue weighted by Gasteiger charge is -2.20. The van der Waals surface area contributed by atoms with Crippen LogP contribution in [0.2, 0.25) is 0 Å². The molecule has 0 bridgehead atoms. The summed E-state index contributed by atoms with van der Waals surface area (Å²) in [4.78, 5) is 9.84. The number of pyridine rings is 1. The maximum absolute atomic E-state index is 12.5. The number of aliphatic imine (C=N–C) groups is 1. The van der Waals surface area contributed by atoms with Crippen molar-refractivity contribution in [2.45, 2.75) is 44.9 Å². The molecule has 152 valence electrons. The van der Waals surface area contributed by atoms with E-state index < -0.39 is 12.7 Å². The normalized spacial score (nSPS) is 18.6. The quantitative estimate of drug-likeness (QED) is 0.408. The van der Waals surface area contributed by atoms with Gasteiger partial charge in [0.15, 0.2) is 5.96 Å². The summed E-state index contributed by atoms with van der Waals surface area (Å²) in [6.07, 6.45) is 0.177. The molecule has 2 heterocycles. The van der Waals surface area contributed by atoms with Gasteiger partial charge in [-0.05, 0) is 18.9 Å². The number of nitrogens with zero attached hydrogens (tertiary/aromatic N) is 3. The Morgan fingerprint density at radius 2 is 2.26 bits per heavy atom. The van der Waals surface area contributed by atoms with Crippen LogP contribution in [-0.2, 0) is 6.54 Å². The highest BCUT2D eigenvalue weighted by Crippen LogP contribution is 2.20. The number of alkyl halides is 3. The zero-order valence-electron chi connectivity index (χ0n) is 15.9. The molecular formula is C18H28F3N5O. The first kappa shape index (κ1) is 21.3. The Kier molecular flexibility index (Phi) is 8.15. The molecule has 0 radical (unpaired) electrons. The number of likely N-dealkylation sites (tertiary alicyclic amines) is 1. The van der Waals surface area contributed by atoms with Crippen LogP contribution in [-0.4, -0.2) is 61.4 Å². The number of unbranched alkanes of at least 4 members (excludes halogenated alkanes) is 1. The Labute approximate surface area is 158 Å². The first-order valence-electron chi connectivity index (χ1n) is 9.24. The molecule has 1 atom stereocenters. The molecule has 1 aliphatic rings. The molecule has 1 fully saturated rings. The van der Waals surface area contributed by atoms with Crippen molar-refractivity contribution >= 4 is 5.96 Å². The van der Waals surface area contributed by atoms with Crippen LogP contribution in [0.5, 0.6) is 5.88 Å². The van der Waals surface area contributed by atoms with Crippen molar-refractivity contribution < 1.29 is 17.9 Å². The van der Waals surface area contributed by atoms with Gasteiger partial charge in [0.25, 0.3) is 0 Å². The number of hydrogen-bond donors (Lipinski definition) is 2. The average Bonchev–Trinajstić information content (AvgIpc) is 3.04. The second-order valence-corrected chi connectivity index (χ2v) is 6.58. The fourth-order valence-corrected chi connectivity index (χ4v) is 2.92. The average molecular weight is 387 g/mol. The summed E-state index contributed by atoms with van der Waals surface area (Å²) < 4.78 is 43.2. The topological polar surface area (TPSA) is 61.8 Å². The predicted octanol–water partition coefficient (Wildman–Crippen LogP) is 2.56. The molecule has 0 amide bonds. The Bertz CT molecular complexity index is 609. The minimum absolute atomic E-state index is 0.0623. The lowest BCUT2D eigenvalue weighted by Crippen LogP contribution is -2.45. The van der Waals surface area contributed by atoms with Gasteiger partial charge in [-0.2, -0.15) is 13.2 Å². The van der Waals surface area contributed by atoms with E-state index in [0.29, 0.717) is 44.5 Å². The van der Waals surface area contributed by atoms with E-state index in [-0.39, 0.29) is 6.04 Å². The summed E-state index contributed by atoms with van der Waals surface area (Å²) >= 11 is 0. The molecule has 1 aliphatic heterocycles. The van der Waals surface area contributed by atoms with Gasteiger partial charge in [-0.3, -0.25) is 9.89 Å². The molecule has 0 spiro atoms.